The monoisotopic (exact) mass is 223 g/mol. The molecule has 0 aromatic rings. The number of alkyl carbamates (subject to hydrolysis) is 1. The third-order valence-electron chi connectivity index (χ3n) is 1.24. The molecular weight excluding hydrogens is 205 g/mol. The molecule has 0 saturated heterocycles. The second-order valence-corrected chi connectivity index (χ2v) is 5.55. The van der Waals surface area contributed by atoms with Gasteiger partial charge in [-0.1, -0.05) is 0 Å². The van der Waals surface area contributed by atoms with Crippen molar-refractivity contribution in [2.45, 2.75) is 39.1 Å². The molecule has 84 valence electrons. The molecule has 2 unspecified atom stereocenters. The lowest BCUT2D eigenvalue weighted by Crippen LogP contribution is -2.36. The molecule has 0 aliphatic rings. The molecule has 0 aliphatic heterocycles. The number of carbonyl (C=O) groups is 1. The summed E-state index contributed by atoms with van der Waals surface area (Å²) in [6.07, 6.45) is -0.552. The van der Waals surface area contributed by atoms with Crippen LogP contribution in [0.1, 0.15) is 27.7 Å². The Bertz CT molecular complexity index is 192. The van der Waals surface area contributed by atoms with E-state index in [0.717, 1.165) is 0 Å². The highest BCUT2D eigenvalue weighted by Crippen LogP contribution is 2.34. The predicted octanol–water partition coefficient (Wildman–Crippen LogP) is 1.81. The van der Waals surface area contributed by atoms with Crippen molar-refractivity contribution >= 4 is 14.5 Å². The minimum absolute atomic E-state index is 0.440. The van der Waals surface area contributed by atoms with Crippen LogP contribution >= 0.6 is 8.38 Å². The van der Waals surface area contributed by atoms with Gasteiger partial charge in [0.15, 0.2) is 8.38 Å². The molecular formula is C8H18NO4P. The zero-order chi connectivity index (χ0) is 11.4. The molecule has 2 N–H and O–H groups in total. The zero-order valence-electron chi connectivity index (χ0n) is 9.20. The van der Waals surface area contributed by atoms with Crippen molar-refractivity contribution in [3.63, 3.8) is 0 Å². The largest absolute Gasteiger partial charge is 0.444 e. The van der Waals surface area contributed by atoms with Crippen molar-refractivity contribution in [3.05, 3.63) is 0 Å². The van der Waals surface area contributed by atoms with Crippen LogP contribution in [-0.2, 0) is 9.26 Å². The topological polar surface area (TPSA) is 67.8 Å². The first-order valence-corrected chi connectivity index (χ1v) is 5.56. The molecule has 0 spiro atoms. The summed E-state index contributed by atoms with van der Waals surface area (Å²) in [5.74, 6) is -0.440. The SMILES string of the molecule is COP(O)C(C)NC(=O)OC(C)(C)C. The van der Waals surface area contributed by atoms with Gasteiger partial charge in [-0.3, -0.25) is 0 Å². The number of hydrogen-bond donors (Lipinski definition) is 2. The maximum Gasteiger partial charge on any atom is 0.408 e. The Labute approximate surface area is 85.7 Å². The average Bonchev–Trinajstić information content (AvgIpc) is 1.99. The van der Waals surface area contributed by atoms with Gasteiger partial charge in [-0.15, -0.1) is 0 Å². The van der Waals surface area contributed by atoms with Crippen LogP contribution in [0.5, 0.6) is 0 Å². The summed E-state index contributed by atoms with van der Waals surface area (Å²) in [7, 11) is -0.238. The van der Waals surface area contributed by atoms with Crippen molar-refractivity contribution in [3.8, 4) is 0 Å². The highest BCUT2D eigenvalue weighted by Gasteiger charge is 2.21. The van der Waals surface area contributed by atoms with Crippen molar-refractivity contribution < 1.29 is 18.9 Å². The van der Waals surface area contributed by atoms with E-state index in [4.69, 9.17) is 9.26 Å². The van der Waals surface area contributed by atoms with Crippen molar-refractivity contribution in [2.24, 2.45) is 0 Å². The molecule has 0 saturated carbocycles. The van der Waals surface area contributed by atoms with Gasteiger partial charge >= 0.3 is 6.09 Å². The van der Waals surface area contributed by atoms with Gasteiger partial charge in [-0.05, 0) is 27.7 Å². The molecule has 0 rings (SSSR count). The number of amides is 1. The van der Waals surface area contributed by atoms with Gasteiger partial charge in [0.2, 0.25) is 0 Å². The van der Waals surface area contributed by atoms with Crippen molar-refractivity contribution in [1.82, 2.24) is 5.32 Å². The summed E-state index contributed by atoms with van der Waals surface area (Å²) < 4.78 is 9.69. The lowest BCUT2D eigenvalue weighted by atomic mass is 10.2. The molecule has 14 heavy (non-hydrogen) atoms. The molecule has 5 nitrogen and oxygen atoms in total. The van der Waals surface area contributed by atoms with E-state index in [-0.39, 0.29) is 0 Å². The standard InChI is InChI=1S/C8H18NO4P/c1-6(14(11)12-5)9-7(10)13-8(2,3)4/h6,11H,1-5H3,(H,9,10). The van der Waals surface area contributed by atoms with Gasteiger partial charge in [0.25, 0.3) is 0 Å². The van der Waals surface area contributed by atoms with Crippen LogP contribution in [0.4, 0.5) is 4.79 Å². The molecule has 0 aromatic heterocycles. The first-order valence-electron chi connectivity index (χ1n) is 4.28. The van der Waals surface area contributed by atoms with E-state index < -0.39 is 25.9 Å². The lowest BCUT2D eigenvalue weighted by molar-refractivity contribution is 0.0520. The van der Waals surface area contributed by atoms with E-state index >= 15 is 0 Å². The fourth-order valence-corrected chi connectivity index (χ4v) is 1.22. The molecule has 0 bridgehead atoms. The van der Waals surface area contributed by atoms with Gasteiger partial charge in [-0.2, -0.15) is 0 Å². The van der Waals surface area contributed by atoms with Crippen LogP contribution in [0.2, 0.25) is 0 Å². The molecule has 0 heterocycles. The number of ether oxygens (including phenoxy) is 1. The van der Waals surface area contributed by atoms with Crippen LogP contribution in [-0.4, -0.2) is 29.5 Å². The third kappa shape index (κ3) is 6.13. The molecule has 0 aromatic carbocycles. The lowest BCUT2D eigenvalue weighted by Gasteiger charge is -2.23. The van der Waals surface area contributed by atoms with E-state index in [2.05, 4.69) is 5.32 Å². The molecule has 0 radical (unpaired) electrons. The van der Waals surface area contributed by atoms with Crippen LogP contribution in [0.15, 0.2) is 0 Å². The van der Waals surface area contributed by atoms with Gasteiger partial charge in [0.05, 0.1) is 5.78 Å². The molecule has 6 heteroatoms. The normalized spacial score (nSPS) is 15.9. The second kappa shape index (κ2) is 5.49. The fourth-order valence-electron chi connectivity index (χ4n) is 0.691. The molecule has 0 aliphatic carbocycles. The number of hydrogen-bond acceptors (Lipinski definition) is 4. The van der Waals surface area contributed by atoms with Gasteiger partial charge in [0, 0.05) is 7.11 Å². The average molecular weight is 223 g/mol. The van der Waals surface area contributed by atoms with E-state index in [1.165, 1.54) is 7.11 Å². The second-order valence-electron chi connectivity index (χ2n) is 3.81. The number of nitrogens with one attached hydrogen (secondary N) is 1. The zero-order valence-corrected chi connectivity index (χ0v) is 10.1. The van der Waals surface area contributed by atoms with Crippen LogP contribution in [0, 0.1) is 0 Å². The summed E-state index contributed by atoms with van der Waals surface area (Å²) in [6, 6.07) is 0. The minimum atomic E-state index is -1.63. The van der Waals surface area contributed by atoms with Crippen LogP contribution < -0.4 is 5.32 Å². The van der Waals surface area contributed by atoms with Crippen LogP contribution in [0.25, 0.3) is 0 Å². The Kier molecular flexibility index (Phi) is 5.34. The van der Waals surface area contributed by atoms with Crippen molar-refractivity contribution in [2.75, 3.05) is 7.11 Å². The highest BCUT2D eigenvalue weighted by molar-refractivity contribution is 7.46. The Hall–Kier alpha value is -0.380. The number of rotatable bonds is 3. The first-order chi connectivity index (χ1) is 6.26. The van der Waals surface area contributed by atoms with Crippen molar-refractivity contribution in [1.29, 1.82) is 0 Å². The molecule has 2 atom stereocenters. The first kappa shape index (κ1) is 13.6. The van der Waals surface area contributed by atoms with E-state index in [9.17, 15) is 9.69 Å². The third-order valence-corrected chi connectivity index (χ3v) is 2.41. The summed E-state index contributed by atoms with van der Waals surface area (Å²) >= 11 is 0. The summed E-state index contributed by atoms with van der Waals surface area (Å²) in [5, 5.41) is 2.48. The Balaban J connectivity index is 3.95. The highest BCUT2D eigenvalue weighted by atomic mass is 31.2. The van der Waals surface area contributed by atoms with Gasteiger partial charge in [0.1, 0.15) is 5.60 Å². The summed E-state index contributed by atoms with van der Waals surface area (Å²) in [6.45, 7) is 6.97. The Morgan fingerprint density at radius 1 is 1.50 bits per heavy atom. The maximum atomic E-state index is 11.2. The smallest absolute Gasteiger partial charge is 0.408 e. The quantitative estimate of drug-likeness (QED) is 0.716. The Morgan fingerprint density at radius 2 is 2.00 bits per heavy atom. The molecule has 1 amide bonds. The van der Waals surface area contributed by atoms with Gasteiger partial charge < -0.3 is 19.5 Å². The van der Waals surface area contributed by atoms with Crippen LogP contribution in [0.3, 0.4) is 0 Å². The van der Waals surface area contributed by atoms with Gasteiger partial charge in [-0.25, -0.2) is 4.79 Å². The van der Waals surface area contributed by atoms with E-state index in [1.807, 2.05) is 0 Å². The summed E-state index contributed by atoms with van der Waals surface area (Å²) in [5.41, 5.74) is -0.533. The van der Waals surface area contributed by atoms with E-state index in [1.54, 1.807) is 27.7 Å². The van der Waals surface area contributed by atoms with E-state index in [0.29, 0.717) is 0 Å². The Morgan fingerprint density at radius 3 is 2.36 bits per heavy atom. The molecule has 0 fully saturated rings. The minimum Gasteiger partial charge on any atom is -0.444 e. The fraction of sp³-hybridized carbons (Fsp3) is 0.875. The number of carbonyl (C=O) groups excluding carboxylic acids is 1. The maximum absolute atomic E-state index is 11.2. The summed E-state index contributed by atoms with van der Waals surface area (Å²) in [4.78, 5) is 20.4. The predicted molar refractivity (Wildman–Crippen MR) is 55.0 cm³/mol.